The van der Waals surface area contributed by atoms with Gasteiger partial charge < -0.3 is 4.90 Å². The van der Waals surface area contributed by atoms with Gasteiger partial charge in [-0.15, -0.1) is 0 Å². The third-order valence-corrected chi connectivity index (χ3v) is 4.86. The van der Waals surface area contributed by atoms with Crippen LogP contribution in [0, 0.1) is 11.3 Å². The van der Waals surface area contributed by atoms with Crippen LogP contribution in [-0.2, 0) is 0 Å². The van der Waals surface area contributed by atoms with Crippen molar-refractivity contribution in [3.8, 4) is 0 Å². The molecule has 0 saturated carbocycles. The van der Waals surface area contributed by atoms with E-state index in [4.69, 9.17) is 0 Å². The lowest BCUT2D eigenvalue weighted by molar-refractivity contribution is 0.106. The lowest BCUT2D eigenvalue weighted by Gasteiger charge is -2.39. The van der Waals surface area contributed by atoms with E-state index in [9.17, 15) is 0 Å². The Labute approximate surface area is 97.4 Å². The van der Waals surface area contributed by atoms with Gasteiger partial charge in [-0.25, -0.2) is 0 Å². The maximum absolute atomic E-state index is 3.55. The van der Waals surface area contributed by atoms with Gasteiger partial charge in [0.1, 0.15) is 0 Å². The van der Waals surface area contributed by atoms with Gasteiger partial charge in [-0.2, -0.15) is 0 Å². The maximum atomic E-state index is 3.55. The van der Waals surface area contributed by atoms with Gasteiger partial charge >= 0.3 is 0 Å². The Morgan fingerprint density at radius 1 is 1.36 bits per heavy atom. The van der Waals surface area contributed by atoms with Crippen molar-refractivity contribution in [1.82, 2.24) is 4.90 Å². The first-order valence-corrected chi connectivity index (χ1v) is 7.00. The van der Waals surface area contributed by atoms with Gasteiger partial charge in [-0.3, -0.25) is 0 Å². The minimum atomic E-state index is 0.633. The first-order valence-electron chi connectivity index (χ1n) is 5.88. The molecular weight excluding hydrogens is 238 g/mol. The number of rotatable bonds is 4. The van der Waals surface area contributed by atoms with Crippen molar-refractivity contribution < 1.29 is 0 Å². The summed E-state index contributed by atoms with van der Waals surface area (Å²) in [5.41, 5.74) is 0.633. The monoisotopic (exact) mass is 261 g/mol. The Morgan fingerprint density at radius 3 is 2.36 bits per heavy atom. The van der Waals surface area contributed by atoms with Crippen LogP contribution in [0.2, 0.25) is 0 Å². The summed E-state index contributed by atoms with van der Waals surface area (Å²) in [5, 5.41) is 1.13. The standard InChI is InChI=1S/C12H24BrN/c1-4-12(3)5-7-14(8-6-12)10-11(2)9-13/h11H,4-10H2,1-3H3. The number of hydrogen-bond acceptors (Lipinski definition) is 1. The molecule has 1 atom stereocenters. The molecule has 1 rings (SSSR count). The van der Waals surface area contributed by atoms with E-state index in [-0.39, 0.29) is 0 Å². The van der Waals surface area contributed by atoms with Gasteiger partial charge in [0.25, 0.3) is 0 Å². The lowest BCUT2D eigenvalue weighted by atomic mass is 9.78. The average Bonchev–Trinajstić information content (AvgIpc) is 2.21. The Morgan fingerprint density at radius 2 is 1.93 bits per heavy atom. The van der Waals surface area contributed by atoms with Crippen molar-refractivity contribution >= 4 is 15.9 Å². The van der Waals surface area contributed by atoms with Crippen molar-refractivity contribution in [2.45, 2.75) is 40.0 Å². The van der Waals surface area contributed by atoms with Gasteiger partial charge in [-0.1, -0.05) is 43.1 Å². The summed E-state index contributed by atoms with van der Waals surface area (Å²) < 4.78 is 0. The van der Waals surface area contributed by atoms with Crippen molar-refractivity contribution in [2.24, 2.45) is 11.3 Å². The molecule has 1 heterocycles. The van der Waals surface area contributed by atoms with Crippen LogP contribution in [0.4, 0.5) is 0 Å². The molecule has 0 aromatic heterocycles. The largest absolute Gasteiger partial charge is 0.303 e. The van der Waals surface area contributed by atoms with E-state index in [0.717, 1.165) is 11.2 Å². The zero-order chi connectivity index (χ0) is 10.6. The van der Waals surface area contributed by atoms with Crippen molar-refractivity contribution in [2.75, 3.05) is 25.0 Å². The fraction of sp³-hybridized carbons (Fsp3) is 1.00. The third-order valence-electron chi connectivity index (χ3n) is 3.75. The molecule has 0 aromatic rings. The summed E-state index contributed by atoms with van der Waals surface area (Å²) in [6, 6.07) is 0. The summed E-state index contributed by atoms with van der Waals surface area (Å²) in [4.78, 5) is 2.63. The highest BCUT2D eigenvalue weighted by Gasteiger charge is 2.28. The fourth-order valence-corrected chi connectivity index (χ4v) is 2.32. The second-order valence-corrected chi connectivity index (χ2v) is 5.87. The summed E-state index contributed by atoms with van der Waals surface area (Å²) in [7, 11) is 0. The van der Waals surface area contributed by atoms with E-state index in [1.807, 2.05) is 0 Å². The summed E-state index contributed by atoms with van der Waals surface area (Å²) in [5.74, 6) is 0.793. The van der Waals surface area contributed by atoms with Crippen LogP contribution in [0.1, 0.15) is 40.0 Å². The Hall–Kier alpha value is 0.440. The third kappa shape index (κ3) is 3.54. The van der Waals surface area contributed by atoms with Gasteiger partial charge in [0, 0.05) is 11.9 Å². The van der Waals surface area contributed by atoms with Crippen LogP contribution < -0.4 is 0 Å². The number of nitrogens with zero attached hydrogens (tertiary/aromatic N) is 1. The number of hydrogen-bond donors (Lipinski definition) is 0. The van der Waals surface area contributed by atoms with Crippen molar-refractivity contribution in [3.05, 3.63) is 0 Å². The second-order valence-electron chi connectivity index (χ2n) is 5.22. The zero-order valence-corrected chi connectivity index (χ0v) is 11.4. The highest BCUT2D eigenvalue weighted by Crippen LogP contribution is 2.33. The molecule has 1 aliphatic heterocycles. The molecule has 1 unspecified atom stereocenters. The molecule has 0 aliphatic carbocycles. The number of alkyl halides is 1. The van der Waals surface area contributed by atoms with E-state index < -0.39 is 0 Å². The second kappa shape index (κ2) is 5.50. The van der Waals surface area contributed by atoms with Gasteiger partial charge in [0.05, 0.1) is 0 Å². The van der Waals surface area contributed by atoms with Crippen LogP contribution in [0.5, 0.6) is 0 Å². The molecule has 1 saturated heterocycles. The predicted molar refractivity (Wildman–Crippen MR) is 67.0 cm³/mol. The fourth-order valence-electron chi connectivity index (χ4n) is 2.12. The Bertz CT molecular complexity index is 162. The van der Waals surface area contributed by atoms with Crippen LogP contribution >= 0.6 is 15.9 Å². The Balaban J connectivity index is 2.29. The first-order chi connectivity index (χ1) is 6.59. The average molecular weight is 262 g/mol. The summed E-state index contributed by atoms with van der Waals surface area (Å²) in [6.45, 7) is 11.0. The molecule has 0 amide bonds. The lowest BCUT2D eigenvalue weighted by Crippen LogP contribution is -2.40. The topological polar surface area (TPSA) is 3.24 Å². The molecule has 0 N–H and O–H groups in total. The van der Waals surface area contributed by atoms with E-state index in [2.05, 4.69) is 41.6 Å². The normalized spacial score (nSPS) is 24.9. The number of halogens is 1. The van der Waals surface area contributed by atoms with Crippen molar-refractivity contribution in [3.63, 3.8) is 0 Å². The Kier molecular flexibility index (Phi) is 4.92. The predicted octanol–water partition coefficient (Wildman–Crippen LogP) is 3.53. The van der Waals surface area contributed by atoms with Crippen LogP contribution in [0.15, 0.2) is 0 Å². The molecule has 0 aromatic carbocycles. The molecule has 1 fully saturated rings. The van der Waals surface area contributed by atoms with E-state index in [1.165, 1.54) is 38.9 Å². The quantitative estimate of drug-likeness (QED) is 0.700. The van der Waals surface area contributed by atoms with Crippen molar-refractivity contribution in [1.29, 1.82) is 0 Å². The molecule has 0 spiro atoms. The highest BCUT2D eigenvalue weighted by atomic mass is 79.9. The SMILES string of the molecule is CCC1(C)CCN(CC(C)CBr)CC1. The molecule has 1 nitrogen and oxygen atoms in total. The van der Waals surface area contributed by atoms with Crippen LogP contribution in [0.25, 0.3) is 0 Å². The van der Waals surface area contributed by atoms with E-state index in [1.54, 1.807) is 0 Å². The zero-order valence-electron chi connectivity index (χ0n) is 9.85. The van der Waals surface area contributed by atoms with Crippen LogP contribution in [-0.4, -0.2) is 29.9 Å². The molecular formula is C12H24BrN. The minimum absolute atomic E-state index is 0.633. The van der Waals surface area contributed by atoms with E-state index in [0.29, 0.717) is 5.41 Å². The van der Waals surface area contributed by atoms with Gasteiger partial charge in [0.15, 0.2) is 0 Å². The van der Waals surface area contributed by atoms with Gasteiger partial charge in [0.2, 0.25) is 0 Å². The number of likely N-dealkylation sites (tertiary alicyclic amines) is 1. The molecule has 14 heavy (non-hydrogen) atoms. The van der Waals surface area contributed by atoms with Gasteiger partial charge in [-0.05, 0) is 37.3 Å². The molecule has 0 radical (unpaired) electrons. The van der Waals surface area contributed by atoms with E-state index >= 15 is 0 Å². The summed E-state index contributed by atoms with van der Waals surface area (Å²) >= 11 is 3.55. The smallest absolute Gasteiger partial charge is 0.00692 e. The first kappa shape index (κ1) is 12.5. The molecule has 2 heteroatoms. The summed E-state index contributed by atoms with van der Waals surface area (Å²) in [6.07, 6.45) is 4.12. The molecule has 84 valence electrons. The molecule has 0 bridgehead atoms. The minimum Gasteiger partial charge on any atom is -0.303 e. The molecule has 1 aliphatic rings. The highest BCUT2D eigenvalue weighted by molar-refractivity contribution is 9.09. The maximum Gasteiger partial charge on any atom is 0.00692 e. The number of piperidine rings is 1. The van der Waals surface area contributed by atoms with Crippen LogP contribution in [0.3, 0.4) is 0 Å².